The zero-order chi connectivity index (χ0) is 14.5. The highest BCUT2D eigenvalue weighted by Gasteiger charge is 2.29. The van der Waals surface area contributed by atoms with Crippen LogP contribution in [0.25, 0.3) is 0 Å². The van der Waals surface area contributed by atoms with Gasteiger partial charge in [0.15, 0.2) is 9.84 Å². The molecule has 1 atom stereocenters. The second kappa shape index (κ2) is 6.85. The Morgan fingerprint density at radius 3 is 2.58 bits per heavy atom. The van der Waals surface area contributed by atoms with Crippen LogP contribution in [0.4, 0.5) is 0 Å². The first-order valence-electron chi connectivity index (χ1n) is 6.26. The van der Waals surface area contributed by atoms with Crippen LogP contribution in [0.1, 0.15) is 19.8 Å². The van der Waals surface area contributed by atoms with E-state index in [0.717, 1.165) is 0 Å². The highest BCUT2D eigenvalue weighted by Crippen LogP contribution is 2.11. The van der Waals surface area contributed by atoms with Crippen molar-refractivity contribution in [3.63, 3.8) is 0 Å². The van der Waals surface area contributed by atoms with Gasteiger partial charge >= 0.3 is 5.97 Å². The molecule has 8 heteroatoms. The van der Waals surface area contributed by atoms with Gasteiger partial charge in [-0.3, -0.25) is 14.5 Å². The summed E-state index contributed by atoms with van der Waals surface area (Å²) in [6.45, 7) is 2.82. The SMILES string of the molecule is CCN(CCC(=O)O)CC(=O)NC1CCS(=O)(=O)C1. The fourth-order valence-electron chi connectivity index (χ4n) is 1.99. The lowest BCUT2D eigenvalue weighted by molar-refractivity contribution is -0.137. The standard InChI is InChI=1S/C11H20N2O5S/c1-2-13(5-3-11(15)16)7-10(14)12-9-4-6-19(17,18)8-9/h9H,2-8H2,1H3,(H,12,14)(H,15,16). The van der Waals surface area contributed by atoms with Crippen molar-refractivity contribution in [2.45, 2.75) is 25.8 Å². The van der Waals surface area contributed by atoms with Gasteiger partial charge in [0.1, 0.15) is 0 Å². The number of carboxylic acid groups (broad SMARTS) is 1. The van der Waals surface area contributed by atoms with Crippen LogP contribution in [0.3, 0.4) is 0 Å². The predicted molar refractivity (Wildman–Crippen MR) is 69.6 cm³/mol. The van der Waals surface area contributed by atoms with Gasteiger partial charge in [0.05, 0.1) is 24.5 Å². The summed E-state index contributed by atoms with van der Waals surface area (Å²) < 4.78 is 22.5. The van der Waals surface area contributed by atoms with Crippen molar-refractivity contribution < 1.29 is 23.1 Å². The number of sulfone groups is 1. The minimum absolute atomic E-state index is 0.00000900. The Hall–Kier alpha value is -1.15. The third-order valence-corrected chi connectivity index (χ3v) is 4.82. The monoisotopic (exact) mass is 292 g/mol. The van der Waals surface area contributed by atoms with Gasteiger partial charge in [-0.15, -0.1) is 0 Å². The first kappa shape index (κ1) is 15.9. The van der Waals surface area contributed by atoms with Crippen molar-refractivity contribution in [1.82, 2.24) is 10.2 Å². The van der Waals surface area contributed by atoms with Gasteiger partial charge in [0.2, 0.25) is 5.91 Å². The number of nitrogens with zero attached hydrogens (tertiary/aromatic N) is 1. The lowest BCUT2D eigenvalue weighted by Crippen LogP contribution is -2.43. The van der Waals surface area contributed by atoms with Gasteiger partial charge in [0.25, 0.3) is 0 Å². The first-order chi connectivity index (χ1) is 8.82. The van der Waals surface area contributed by atoms with E-state index >= 15 is 0 Å². The molecule has 1 rings (SSSR count). The minimum atomic E-state index is -3.00. The maximum atomic E-state index is 11.7. The topological polar surface area (TPSA) is 104 Å². The first-order valence-corrected chi connectivity index (χ1v) is 8.08. The Morgan fingerprint density at radius 1 is 1.42 bits per heavy atom. The van der Waals surface area contributed by atoms with Crippen molar-refractivity contribution >= 4 is 21.7 Å². The fraction of sp³-hybridized carbons (Fsp3) is 0.818. The summed E-state index contributed by atoms with van der Waals surface area (Å²) in [5.74, 6) is -1.04. The van der Waals surface area contributed by atoms with E-state index in [1.807, 2.05) is 6.92 Å². The molecule has 1 saturated heterocycles. The fourth-order valence-corrected chi connectivity index (χ4v) is 3.66. The minimum Gasteiger partial charge on any atom is -0.481 e. The molecule has 2 N–H and O–H groups in total. The number of amides is 1. The van der Waals surface area contributed by atoms with E-state index in [-0.39, 0.29) is 36.4 Å². The summed E-state index contributed by atoms with van der Waals surface area (Å²) in [5.41, 5.74) is 0. The molecule has 0 radical (unpaired) electrons. The average molecular weight is 292 g/mol. The van der Waals surface area contributed by atoms with E-state index in [4.69, 9.17) is 5.11 Å². The third-order valence-electron chi connectivity index (χ3n) is 3.05. The number of carbonyl (C=O) groups excluding carboxylic acids is 1. The maximum absolute atomic E-state index is 11.7. The number of carboxylic acids is 1. The van der Waals surface area contributed by atoms with E-state index in [9.17, 15) is 18.0 Å². The molecule has 0 aromatic rings. The van der Waals surface area contributed by atoms with Gasteiger partial charge < -0.3 is 10.4 Å². The summed E-state index contributed by atoms with van der Waals surface area (Å²) in [5, 5.41) is 11.3. The van der Waals surface area contributed by atoms with Gasteiger partial charge in [-0.1, -0.05) is 6.92 Å². The molecule has 1 aliphatic heterocycles. The molecule has 0 saturated carbocycles. The largest absolute Gasteiger partial charge is 0.481 e. The molecule has 0 spiro atoms. The normalized spacial score (nSPS) is 21.5. The van der Waals surface area contributed by atoms with Gasteiger partial charge in [-0.2, -0.15) is 0 Å². The summed E-state index contributed by atoms with van der Waals surface area (Å²) in [7, 11) is -3.00. The molecule has 1 fully saturated rings. The van der Waals surface area contributed by atoms with Crippen LogP contribution >= 0.6 is 0 Å². The van der Waals surface area contributed by atoms with Crippen LogP contribution in [-0.4, -0.2) is 67.5 Å². The van der Waals surface area contributed by atoms with Crippen molar-refractivity contribution in [3.8, 4) is 0 Å². The molecule has 110 valence electrons. The Kier molecular flexibility index (Phi) is 5.74. The number of carbonyl (C=O) groups is 2. The number of likely N-dealkylation sites (N-methyl/N-ethyl adjacent to an activating group) is 1. The van der Waals surface area contributed by atoms with Crippen molar-refractivity contribution in [1.29, 1.82) is 0 Å². The molecule has 19 heavy (non-hydrogen) atoms. The molecule has 0 aromatic heterocycles. The second-order valence-corrected chi connectivity index (χ2v) is 6.91. The predicted octanol–water partition coefficient (Wildman–Crippen LogP) is -0.914. The van der Waals surface area contributed by atoms with Crippen molar-refractivity contribution in [3.05, 3.63) is 0 Å². The molecule has 1 aliphatic rings. The zero-order valence-corrected chi connectivity index (χ0v) is 11.8. The Balaban J connectivity index is 2.35. The van der Waals surface area contributed by atoms with E-state index in [0.29, 0.717) is 19.5 Å². The molecule has 1 heterocycles. The number of hydrogen-bond acceptors (Lipinski definition) is 5. The molecule has 7 nitrogen and oxygen atoms in total. The van der Waals surface area contributed by atoms with Crippen LogP contribution in [-0.2, 0) is 19.4 Å². The van der Waals surface area contributed by atoms with Crippen LogP contribution in [0.2, 0.25) is 0 Å². The van der Waals surface area contributed by atoms with E-state index in [1.54, 1.807) is 4.90 Å². The highest BCUT2D eigenvalue weighted by molar-refractivity contribution is 7.91. The van der Waals surface area contributed by atoms with E-state index < -0.39 is 15.8 Å². The Labute approximate surface area is 112 Å². The summed E-state index contributed by atoms with van der Waals surface area (Å²) in [6.07, 6.45) is 0.439. The smallest absolute Gasteiger partial charge is 0.304 e. The Morgan fingerprint density at radius 2 is 2.11 bits per heavy atom. The summed E-state index contributed by atoms with van der Waals surface area (Å²) >= 11 is 0. The zero-order valence-electron chi connectivity index (χ0n) is 11.0. The quantitative estimate of drug-likeness (QED) is 0.629. The highest BCUT2D eigenvalue weighted by atomic mass is 32.2. The van der Waals surface area contributed by atoms with Crippen LogP contribution < -0.4 is 5.32 Å². The Bertz CT molecular complexity index is 434. The number of nitrogens with one attached hydrogen (secondary N) is 1. The number of aliphatic carboxylic acids is 1. The van der Waals surface area contributed by atoms with Gasteiger partial charge in [0, 0.05) is 12.6 Å². The summed E-state index contributed by atoms with van der Waals surface area (Å²) in [4.78, 5) is 23.9. The third kappa shape index (κ3) is 6.02. The molecule has 0 aliphatic carbocycles. The average Bonchev–Trinajstić information content (AvgIpc) is 2.63. The maximum Gasteiger partial charge on any atom is 0.304 e. The van der Waals surface area contributed by atoms with Crippen LogP contribution in [0.15, 0.2) is 0 Å². The molecular formula is C11H20N2O5S. The van der Waals surface area contributed by atoms with Gasteiger partial charge in [-0.25, -0.2) is 8.42 Å². The summed E-state index contributed by atoms with van der Waals surface area (Å²) in [6, 6.07) is -0.310. The van der Waals surface area contributed by atoms with Crippen LogP contribution in [0.5, 0.6) is 0 Å². The van der Waals surface area contributed by atoms with Crippen molar-refractivity contribution in [2.75, 3.05) is 31.1 Å². The lowest BCUT2D eigenvalue weighted by Gasteiger charge is -2.20. The number of rotatable bonds is 7. The van der Waals surface area contributed by atoms with Crippen molar-refractivity contribution in [2.24, 2.45) is 0 Å². The molecular weight excluding hydrogens is 272 g/mol. The molecule has 0 aromatic carbocycles. The second-order valence-electron chi connectivity index (χ2n) is 4.68. The van der Waals surface area contributed by atoms with Gasteiger partial charge in [-0.05, 0) is 13.0 Å². The number of hydrogen-bond donors (Lipinski definition) is 2. The van der Waals surface area contributed by atoms with E-state index in [1.165, 1.54) is 0 Å². The van der Waals surface area contributed by atoms with Crippen LogP contribution in [0, 0.1) is 0 Å². The molecule has 1 amide bonds. The lowest BCUT2D eigenvalue weighted by atomic mass is 10.2. The van der Waals surface area contributed by atoms with E-state index in [2.05, 4.69) is 5.32 Å². The molecule has 0 bridgehead atoms. The molecule has 1 unspecified atom stereocenters.